The molecule has 1 rings (SSSR count). The zero-order chi connectivity index (χ0) is 12.2. The molecule has 4 nitrogen and oxygen atoms in total. The molecule has 16 heavy (non-hydrogen) atoms. The average Bonchev–Trinajstić information content (AvgIpc) is 2.17. The summed E-state index contributed by atoms with van der Waals surface area (Å²) in [5.41, 5.74) is 6.21. The topological polar surface area (TPSA) is 72.2 Å². The first-order valence-electron chi connectivity index (χ1n) is 4.93. The predicted octanol–water partition coefficient (Wildman–Crippen LogP) is 1.28. The van der Waals surface area contributed by atoms with Gasteiger partial charge in [-0.25, -0.2) is 13.1 Å². The lowest BCUT2D eigenvalue weighted by Crippen LogP contribution is -2.26. The number of aryl methyl sites for hydroxylation is 1. The Kier molecular flexibility index (Phi) is 4.73. The van der Waals surface area contributed by atoms with E-state index in [9.17, 15) is 8.42 Å². The summed E-state index contributed by atoms with van der Waals surface area (Å²) in [5, 5.41) is 0.236. The number of sulfonamides is 1. The van der Waals surface area contributed by atoms with Crippen molar-refractivity contribution in [2.45, 2.75) is 18.2 Å². The van der Waals surface area contributed by atoms with Gasteiger partial charge in [0.05, 0.1) is 5.02 Å². The number of hydrogen-bond donors (Lipinski definition) is 2. The molecule has 0 heterocycles. The molecule has 0 aliphatic carbocycles. The number of benzene rings is 1. The third-order valence-electron chi connectivity index (χ3n) is 2.05. The molecule has 0 saturated heterocycles. The summed E-state index contributed by atoms with van der Waals surface area (Å²) in [6, 6.07) is 4.84. The fourth-order valence-electron chi connectivity index (χ4n) is 1.21. The fraction of sp³-hybridized carbons (Fsp3) is 0.400. The summed E-state index contributed by atoms with van der Waals surface area (Å²) in [5.74, 6) is 0. The minimum atomic E-state index is -3.52. The van der Waals surface area contributed by atoms with Crippen LogP contribution in [0.1, 0.15) is 12.0 Å². The SMILES string of the molecule is Cc1ccc(S(=O)(=O)NCCCN)c(Cl)c1. The summed E-state index contributed by atoms with van der Waals surface area (Å²) >= 11 is 5.88. The zero-order valence-electron chi connectivity index (χ0n) is 9.03. The Bertz CT molecular complexity index is 460. The normalized spacial score (nSPS) is 11.7. The molecule has 0 bridgehead atoms. The van der Waals surface area contributed by atoms with E-state index in [2.05, 4.69) is 4.72 Å². The Hall–Kier alpha value is -0.620. The smallest absolute Gasteiger partial charge is 0.242 e. The van der Waals surface area contributed by atoms with Crippen LogP contribution in [0.15, 0.2) is 23.1 Å². The molecule has 0 saturated carbocycles. The highest BCUT2D eigenvalue weighted by atomic mass is 35.5. The molecular formula is C10H15ClN2O2S. The Morgan fingerprint density at radius 3 is 2.69 bits per heavy atom. The van der Waals surface area contributed by atoms with E-state index in [4.69, 9.17) is 17.3 Å². The third-order valence-corrected chi connectivity index (χ3v) is 3.99. The van der Waals surface area contributed by atoms with Crippen molar-refractivity contribution in [1.82, 2.24) is 4.72 Å². The van der Waals surface area contributed by atoms with Gasteiger partial charge in [0.1, 0.15) is 4.90 Å². The van der Waals surface area contributed by atoms with Gasteiger partial charge in [0.2, 0.25) is 10.0 Å². The van der Waals surface area contributed by atoms with Crippen LogP contribution < -0.4 is 10.5 Å². The summed E-state index contributed by atoms with van der Waals surface area (Å²) in [6.07, 6.45) is 0.600. The number of nitrogens with two attached hydrogens (primary N) is 1. The van der Waals surface area contributed by atoms with Gasteiger partial charge in [-0.1, -0.05) is 17.7 Å². The Labute approximate surface area is 101 Å². The van der Waals surface area contributed by atoms with Gasteiger partial charge in [-0.3, -0.25) is 0 Å². The molecule has 90 valence electrons. The van der Waals surface area contributed by atoms with Crippen molar-refractivity contribution in [3.8, 4) is 0 Å². The lowest BCUT2D eigenvalue weighted by atomic mass is 10.2. The van der Waals surface area contributed by atoms with Crippen molar-refractivity contribution >= 4 is 21.6 Å². The lowest BCUT2D eigenvalue weighted by Gasteiger charge is -2.08. The quantitative estimate of drug-likeness (QED) is 0.785. The first-order chi connectivity index (χ1) is 7.47. The first kappa shape index (κ1) is 13.4. The molecule has 3 N–H and O–H groups in total. The minimum Gasteiger partial charge on any atom is -0.330 e. The highest BCUT2D eigenvalue weighted by Crippen LogP contribution is 2.21. The van der Waals surface area contributed by atoms with Gasteiger partial charge >= 0.3 is 0 Å². The van der Waals surface area contributed by atoms with Gasteiger partial charge in [-0.2, -0.15) is 0 Å². The molecule has 0 amide bonds. The van der Waals surface area contributed by atoms with Crippen LogP contribution in [-0.4, -0.2) is 21.5 Å². The average molecular weight is 263 g/mol. The minimum absolute atomic E-state index is 0.108. The largest absolute Gasteiger partial charge is 0.330 e. The van der Waals surface area contributed by atoms with Crippen LogP contribution in [0.2, 0.25) is 5.02 Å². The van der Waals surface area contributed by atoms with Crippen molar-refractivity contribution in [1.29, 1.82) is 0 Å². The number of halogens is 1. The van der Waals surface area contributed by atoms with Crippen LogP contribution in [0.4, 0.5) is 0 Å². The first-order valence-corrected chi connectivity index (χ1v) is 6.79. The molecule has 0 radical (unpaired) electrons. The van der Waals surface area contributed by atoms with Gasteiger partial charge in [-0.05, 0) is 37.6 Å². The molecular weight excluding hydrogens is 248 g/mol. The second kappa shape index (κ2) is 5.63. The van der Waals surface area contributed by atoms with Crippen molar-refractivity contribution in [3.63, 3.8) is 0 Å². The predicted molar refractivity (Wildman–Crippen MR) is 65.0 cm³/mol. The van der Waals surface area contributed by atoms with Crippen molar-refractivity contribution in [3.05, 3.63) is 28.8 Å². The molecule has 1 aromatic carbocycles. The number of rotatable bonds is 5. The standard InChI is InChI=1S/C10H15ClN2O2S/c1-8-3-4-10(9(11)7-8)16(14,15)13-6-2-5-12/h3-4,7,13H,2,5-6,12H2,1H3. The molecule has 0 unspecified atom stereocenters. The fourth-order valence-corrected chi connectivity index (χ4v) is 2.88. The summed E-state index contributed by atoms with van der Waals surface area (Å²) in [4.78, 5) is 0.108. The highest BCUT2D eigenvalue weighted by molar-refractivity contribution is 7.89. The van der Waals surface area contributed by atoms with Crippen LogP contribution >= 0.6 is 11.6 Å². The third kappa shape index (κ3) is 3.45. The van der Waals surface area contributed by atoms with E-state index in [1.807, 2.05) is 6.92 Å². The van der Waals surface area contributed by atoms with Gasteiger partial charge in [0.15, 0.2) is 0 Å². The summed E-state index contributed by atoms with van der Waals surface area (Å²) in [7, 11) is -3.52. The molecule has 0 aromatic heterocycles. The van der Waals surface area contributed by atoms with Gasteiger partial charge in [0.25, 0.3) is 0 Å². The lowest BCUT2D eigenvalue weighted by molar-refractivity contribution is 0.579. The van der Waals surface area contributed by atoms with Gasteiger partial charge in [-0.15, -0.1) is 0 Å². The van der Waals surface area contributed by atoms with E-state index in [1.54, 1.807) is 12.1 Å². The second-order valence-electron chi connectivity index (χ2n) is 3.47. The van der Waals surface area contributed by atoms with E-state index < -0.39 is 10.0 Å². The molecule has 0 spiro atoms. The van der Waals surface area contributed by atoms with E-state index >= 15 is 0 Å². The van der Waals surface area contributed by atoms with Crippen LogP contribution in [0.25, 0.3) is 0 Å². The molecule has 0 fully saturated rings. The van der Waals surface area contributed by atoms with Crippen molar-refractivity contribution in [2.24, 2.45) is 5.73 Å². The maximum Gasteiger partial charge on any atom is 0.242 e. The van der Waals surface area contributed by atoms with E-state index in [0.29, 0.717) is 19.5 Å². The highest BCUT2D eigenvalue weighted by Gasteiger charge is 2.16. The van der Waals surface area contributed by atoms with Crippen LogP contribution in [0, 0.1) is 6.92 Å². The zero-order valence-corrected chi connectivity index (χ0v) is 10.6. The van der Waals surface area contributed by atoms with Crippen LogP contribution in [0.3, 0.4) is 0 Å². The Morgan fingerprint density at radius 1 is 1.44 bits per heavy atom. The molecule has 0 aliphatic heterocycles. The summed E-state index contributed by atoms with van der Waals surface area (Å²) < 4.78 is 26.0. The maximum atomic E-state index is 11.8. The maximum absolute atomic E-state index is 11.8. The molecule has 6 heteroatoms. The van der Waals surface area contributed by atoms with Gasteiger partial charge < -0.3 is 5.73 Å². The molecule has 0 atom stereocenters. The van der Waals surface area contributed by atoms with Gasteiger partial charge in [0, 0.05) is 6.54 Å². The molecule has 0 aliphatic rings. The Balaban J connectivity index is 2.90. The van der Waals surface area contributed by atoms with E-state index in [0.717, 1.165) is 5.56 Å². The van der Waals surface area contributed by atoms with Crippen LogP contribution in [0.5, 0.6) is 0 Å². The summed E-state index contributed by atoms with van der Waals surface area (Å²) in [6.45, 7) is 2.62. The number of nitrogens with one attached hydrogen (secondary N) is 1. The monoisotopic (exact) mass is 262 g/mol. The van der Waals surface area contributed by atoms with Crippen LogP contribution in [-0.2, 0) is 10.0 Å². The Morgan fingerprint density at radius 2 is 2.12 bits per heavy atom. The van der Waals surface area contributed by atoms with E-state index in [1.165, 1.54) is 6.07 Å². The van der Waals surface area contributed by atoms with Crippen molar-refractivity contribution in [2.75, 3.05) is 13.1 Å². The van der Waals surface area contributed by atoms with E-state index in [-0.39, 0.29) is 9.92 Å². The number of hydrogen-bond acceptors (Lipinski definition) is 3. The van der Waals surface area contributed by atoms with Crippen molar-refractivity contribution < 1.29 is 8.42 Å². The second-order valence-corrected chi connectivity index (χ2v) is 5.62. The molecule has 1 aromatic rings.